The van der Waals surface area contributed by atoms with Gasteiger partial charge < -0.3 is 15.4 Å². The molecule has 0 aliphatic carbocycles. The SMILES string of the molecule is CC(C)C[C@@H](/C=C/S(=O)(=O)c1ccccc1)NC(=O)[C@H](C)NC(=O)[C@H](C(C)C)N(N)C(=O)OC(C)(C)C. The van der Waals surface area contributed by atoms with E-state index in [4.69, 9.17) is 10.6 Å². The van der Waals surface area contributed by atoms with Crippen LogP contribution in [0.15, 0.2) is 46.7 Å². The Bertz CT molecular complexity index is 1050. The van der Waals surface area contributed by atoms with Crippen LogP contribution < -0.4 is 16.5 Å². The predicted molar refractivity (Wildman–Crippen MR) is 143 cm³/mol. The molecule has 0 spiro atoms. The first-order chi connectivity index (χ1) is 16.9. The molecule has 0 aliphatic heterocycles. The number of hydrogen-bond donors (Lipinski definition) is 3. The lowest BCUT2D eigenvalue weighted by Crippen LogP contribution is -2.59. The average molecular weight is 539 g/mol. The molecule has 0 radical (unpaired) electrons. The van der Waals surface area contributed by atoms with Crippen LogP contribution in [0.3, 0.4) is 0 Å². The van der Waals surface area contributed by atoms with Gasteiger partial charge in [-0.3, -0.25) is 9.59 Å². The highest BCUT2D eigenvalue weighted by atomic mass is 32.2. The van der Waals surface area contributed by atoms with Crippen molar-refractivity contribution in [1.29, 1.82) is 0 Å². The zero-order valence-electron chi connectivity index (χ0n) is 23.0. The van der Waals surface area contributed by atoms with Crippen LogP contribution in [0.1, 0.15) is 61.8 Å². The molecule has 0 aromatic heterocycles. The lowest BCUT2D eigenvalue weighted by atomic mass is 10.0. The van der Waals surface area contributed by atoms with Gasteiger partial charge in [-0.2, -0.15) is 0 Å². The number of nitrogens with zero attached hydrogens (tertiary/aromatic N) is 1. The molecule has 0 heterocycles. The fourth-order valence-corrected chi connectivity index (χ4v) is 4.52. The van der Waals surface area contributed by atoms with E-state index < -0.39 is 51.5 Å². The minimum Gasteiger partial charge on any atom is -0.443 e. The van der Waals surface area contributed by atoms with Gasteiger partial charge in [-0.25, -0.2) is 24.1 Å². The number of sulfone groups is 1. The van der Waals surface area contributed by atoms with Crippen molar-refractivity contribution in [1.82, 2.24) is 15.6 Å². The van der Waals surface area contributed by atoms with Gasteiger partial charge in [0.25, 0.3) is 0 Å². The summed E-state index contributed by atoms with van der Waals surface area (Å²) >= 11 is 0. The lowest BCUT2D eigenvalue weighted by molar-refractivity contribution is -0.133. The lowest BCUT2D eigenvalue weighted by Gasteiger charge is -2.32. The Balaban J connectivity index is 2.95. The molecule has 3 amide bonds. The van der Waals surface area contributed by atoms with Crippen LogP contribution in [0, 0.1) is 11.8 Å². The van der Waals surface area contributed by atoms with Gasteiger partial charge in [0.05, 0.1) is 4.90 Å². The third-order valence-electron chi connectivity index (χ3n) is 5.17. The van der Waals surface area contributed by atoms with Crippen molar-refractivity contribution in [3.63, 3.8) is 0 Å². The van der Waals surface area contributed by atoms with Crippen LogP contribution in [0.5, 0.6) is 0 Å². The minimum atomic E-state index is -3.68. The highest BCUT2D eigenvalue weighted by Gasteiger charge is 2.34. The molecule has 37 heavy (non-hydrogen) atoms. The summed E-state index contributed by atoms with van der Waals surface area (Å²) in [6.45, 7) is 13.9. The molecule has 3 atom stereocenters. The zero-order chi connectivity index (χ0) is 28.6. The quantitative estimate of drug-likeness (QED) is 0.223. The second-order valence-electron chi connectivity index (χ2n) is 10.7. The van der Waals surface area contributed by atoms with E-state index >= 15 is 0 Å². The van der Waals surface area contributed by atoms with E-state index in [1.807, 2.05) is 13.8 Å². The molecule has 0 saturated carbocycles. The molecule has 4 N–H and O–H groups in total. The largest absolute Gasteiger partial charge is 0.443 e. The maximum Gasteiger partial charge on any atom is 0.425 e. The van der Waals surface area contributed by atoms with Crippen molar-refractivity contribution < 1.29 is 27.5 Å². The second-order valence-corrected chi connectivity index (χ2v) is 12.6. The summed E-state index contributed by atoms with van der Waals surface area (Å²) in [7, 11) is -3.68. The van der Waals surface area contributed by atoms with Gasteiger partial charge in [0, 0.05) is 11.4 Å². The molecular formula is C26H42N4O6S. The van der Waals surface area contributed by atoms with E-state index in [9.17, 15) is 22.8 Å². The number of rotatable bonds is 11. The minimum absolute atomic E-state index is 0.151. The molecule has 0 unspecified atom stereocenters. The topological polar surface area (TPSA) is 148 Å². The monoisotopic (exact) mass is 538 g/mol. The number of amides is 3. The van der Waals surface area contributed by atoms with Crippen molar-refractivity contribution in [2.75, 3.05) is 0 Å². The van der Waals surface area contributed by atoms with Gasteiger partial charge in [0.1, 0.15) is 17.7 Å². The Morgan fingerprint density at radius 1 is 1.00 bits per heavy atom. The number of benzene rings is 1. The van der Waals surface area contributed by atoms with Crippen molar-refractivity contribution in [3.05, 3.63) is 41.8 Å². The van der Waals surface area contributed by atoms with Crippen molar-refractivity contribution in [3.8, 4) is 0 Å². The summed E-state index contributed by atoms with van der Waals surface area (Å²) in [5, 5.41) is 7.20. The number of hydrazine groups is 1. The normalized spacial score (nSPS) is 14.8. The first-order valence-corrected chi connectivity index (χ1v) is 13.8. The van der Waals surface area contributed by atoms with E-state index in [0.29, 0.717) is 6.42 Å². The number of carbonyl (C=O) groups is 3. The number of ether oxygens (including phenoxy) is 1. The Morgan fingerprint density at radius 3 is 2.05 bits per heavy atom. The van der Waals surface area contributed by atoms with Gasteiger partial charge in [0.2, 0.25) is 11.8 Å². The van der Waals surface area contributed by atoms with Crippen molar-refractivity contribution in [2.45, 2.75) is 90.4 Å². The van der Waals surface area contributed by atoms with E-state index in [2.05, 4.69) is 10.6 Å². The fourth-order valence-electron chi connectivity index (χ4n) is 3.43. The van der Waals surface area contributed by atoms with E-state index in [-0.39, 0.29) is 16.7 Å². The van der Waals surface area contributed by atoms with Crippen LogP contribution >= 0.6 is 0 Å². The molecule has 0 aliphatic rings. The van der Waals surface area contributed by atoms with Gasteiger partial charge in [-0.05, 0) is 58.1 Å². The number of nitrogens with one attached hydrogen (secondary N) is 2. The average Bonchev–Trinajstić information content (AvgIpc) is 2.76. The Morgan fingerprint density at radius 2 is 1.57 bits per heavy atom. The molecule has 1 rings (SSSR count). The molecule has 208 valence electrons. The highest BCUT2D eigenvalue weighted by molar-refractivity contribution is 7.94. The summed E-state index contributed by atoms with van der Waals surface area (Å²) in [6.07, 6.45) is 1.06. The summed E-state index contributed by atoms with van der Waals surface area (Å²) in [6, 6.07) is 5.34. The first kappa shape index (κ1) is 32.1. The fraction of sp³-hybridized carbons (Fsp3) is 0.577. The third kappa shape index (κ3) is 10.9. The van der Waals surface area contributed by atoms with Crippen molar-refractivity contribution >= 4 is 27.7 Å². The molecular weight excluding hydrogens is 496 g/mol. The predicted octanol–water partition coefficient (Wildman–Crippen LogP) is 3.15. The van der Waals surface area contributed by atoms with Crippen LogP contribution in [0.2, 0.25) is 0 Å². The molecule has 10 nitrogen and oxygen atoms in total. The van der Waals surface area contributed by atoms with Crippen molar-refractivity contribution in [2.24, 2.45) is 17.7 Å². The van der Waals surface area contributed by atoms with E-state index in [0.717, 1.165) is 10.4 Å². The van der Waals surface area contributed by atoms with Crippen LogP contribution in [-0.2, 0) is 24.2 Å². The summed E-state index contributed by atoms with van der Waals surface area (Å²) in [4.78, 5) is 38.4. The molecule has 1 aromatic carbocycles. The van der Waals surface area contributed by atoms with E-state index in [1.165, 1.54) is 25.1 Å². The maximum atomic E-state index is 13.0. The van der Waals surface area contributed by atoms with Crippen LogP contribution in [0.4, 0.5) is 4.79 Å². The standard InChI is InChI=1S/C26H42N4O6S/c1-17(2)16-20(14-15-37(34,35)21-12-10-9-11-13-21)29-23(31)19(5)28-24(32)22(18(3)4)30(27)25(33)36-26(6,7)8/h9-15,17-20,22H,16,27H2,1-8H3,(H,28,32)(H,29,31)/b15-14+/t19-,20+,22-/m0/s1. The molecule has 1 aromatic rings. The molecule has 0 fully saturated rings. The zero-order valence-corrected chi connectivity index (χ0v) is 23.8. The van der Waals surface area contributed by atoms with Crippen LogP contribution in [-0.4, -0.2) is 55.1 Å². The van der Waals surface area contributed by atoms with Gasteiger partial charge in [-0.1, -0.05) is 52.0 Å². The highest BCUT2D eigenvalue weighted by Crippen LogP contribution is 2.15. The first-order valence-electron chi connectivity index (χ1n) is 12.3. The molecule has 11 heteroatoms. The summed E-state index contributed by atoms with van der Waals surface area (Å²) in [5.41, 5.74) is -0.799. The smallest absolute Gasteiger partial charge is 0.425 e. The van der Waals surface area contributed by atoms with Gasteiger partial charge in [0.15, 0.2) is 9.84 Å². The summed E-state index contributed by atoms with van der Waals surface area (Å²) < 4.78 is 30.5. The Labute approximate surface area is 220 Å². The van der Waals surface area contributed by atoms with Gasteiger partial charge >= 0.3 is 6.09 Å². The molecule has 0 bridgehead atoms. The molecule has 0 saturated heterocycles. The van der Waals surface area contributed by atoms with Crippen LogP contribution in [0.25, 0.3) is 0 Å². The second kappa shape index (κ2) is 13.6. The maximum absolute atomic E-state index is 13.0. The number of nitrogens with two attached hydrogens (primary N) is 1. The Kier molecular flexibility index (Phi) is 11.8. The van der Waals surface area contributed by atoms with E-state index in [1.54, 1.807) is 52.8 Å². The van der Waals surface area contributed by atoms with Gasteiger partial charge in [-0.15, -0.1) is 0 Å². The number of carbonyl (C=O) groups excluding carboxylic acids is 3. The Hall–Kier alpha value is -2.92. The summed E-state index contributed by atoms with van der Waals surface area (Å²) in [5.74, 6) is 4.58. The number of hydrogen-bond acceptors (Lipinski definition) is 7. The third-order valence-corrected chi connectivity index (χ3v) is 6.62.